The summed E-state index contributed by atoms with van der Waals surface area (Å²) in [7, 11) is 0. The minimum atomic E-state index is -0.156. The summed E-state index contributed by atoms with van der Waals surface area (Å²) in [5.41, 5.74) is 0.646. The molecule has 0 aromatic heterocycles. The monoisotopic (exact) mass is 357 g/mol. The van der Waals surface area contributed by atoms with Crippen LogP contribution >= 0.6 is 0 Å². The maximum Gasteiger partial charge on any atom is 0.238 e. The molecule has 4 aliphatic carbocycles. The lowest BCUT2D eigenvalue weighted by Crippen LogP contribution is -2.40. The molecule has 134 valence electrons. The quantitative estimate of drug-likeness (QED) is 0.615. The van der Waals surface area contributed by atoms with Crippen LogP contribution in [-0.4, -0.2) is 11.8 Å². The third-order valence-corrected chi connectivity index (χ3v) is 6.74. The van der Waals surface area contributed by atoms with Crippen molar-refractivity contribution >= 4 is 17.5 Å². The summed E-state index contributed by atoms with van der Waals surface area (Å²) in [6.07, 6.45) is 5.58. The van der Waals surface area contributed by atoms with E-state index in [1.54, 1.807) is 0 Å². The van der Waals surface area contributed by atoms with Crippen LogP contribution in [0.4, 0.5) is 5.69 Å². The van der Waals surface area contributed by atoms with Gasteiger partial charge in [0, 0.05) is 0 Å². The SMILES string of the molecule is O=C1C2C3C=CC(C4CC34)C2C(=O)N1c1ccc(Oc2ccccc2)cc1. The summed E-state index contributed by atoms with van der Waals surface area (Å²) in [5.74, 6) is 2.85. The van der Waals surface area contributed by atoms with Gasteiger partial charge in [0.05, 0.1) is 17.5 Å². The molecule has 27 heavy (non-hydrogen) atoms. The van der Waals surface area contributed by atoms with Gasteiger partial charge in [0.15, 0.2) is 0 Å². The van der Waals surface area contributed by atoms with E-state index >= 15 is 0 Å². The number of para-hydroxylation sites is 1. The van der Waals surface area contributed by atoms with E-state index in [4.69, 9.17) is 4.74 Å². The fourth-order valence-corrected chi connectivity index (χ4v) is 5.50. The molecule has 1 heterocycles. The Labute approximate surface area is 157 Å². The molecule has 2 saturated carbocycles. The van der Waals surface area contributed by atoms with Crippen LogP contribution in [0.3, 0.4) is 0 Å². The second-order valence-corrected chi connectivity index (χ2v) is 8.08. The smallest absolute Gasteiger partial charge is 0.238 e. The van der Waals surface area contributed by atoms with Gasteiger partial charge in [-0.1, -0.05) is 30.4 Å². The Morgan fingerprint density at radius 3 is 1.89 bits per heavy atom. The number of ether oxygens (including phenoxy) is 1. The Morgan fingerprint density at radius 1 is 0.741 bits per heavy atom. The molecule has 2 aromatic carbocycles. The molecule has 3 fully saturated rings. The first-order chi connectivity index (χ1) is 13.2. The van der Waals surface area contributed by atoms with Gasteiger partial charge in [-0.3, -0.25) is 14.5 Å². The van der Waals surface area contributed by atoms with Crippen LogP contribution < -0.4 is 9.64 Å². The normalized spacial score (nSPS) is 35.2. The largest absolute Gasteiger partial charge is 0.457 e. The molecule has 2 amide bonds. The van der Waals surface area contributed by atoms with Gasteiger partial charge in [-0.05, 0) is 66.5 Å². The minimum absolute atomic E-state index is 0.0218. The minimum Gasteiger partial charge on any atom is -0.457 e. The van der Waals surface area contributed by atoms with Gasteiger partial charge < -0.3 is 4.74 Å². The number of anilines is 1. The van der Waals surface area contributed by atoms with Crippen LogP contribution in [0, 0.1) is 35.5 Å². The molecule has 6 unspecified atom stereocenters. The molecule has 2 bridgehead atoms. The average Bonchev–Trinajstić information content (AvgIpc) is 3.48. The van der Waals surface area contributed by atoms with E-state index in [9.17, 15) is 9.59 Å². The van der Waals surface area contributed by atoms with Gasteiger partial charge in [-0.15, -0.1) is 0 Å². The number of nitrogens with zero attached hydrogens (tertiary/aromatic N) is 1. The molecule has 0 N–H and O–H groups in total. The van der Waals surface area contributed by atoms with Crippen molar-refractivity contribution in [3.63, 3.8) is 0 Å². The molecular formula is C23H19NO3. The van der Waals surface area contributed by atoms with Gasteiger partial charge in [0.1, 0.15) is 11.5 Å². The molecule has 0 radical (unpaired) electrons. The van der Waals surface area contributed by atoms with Gasteiger partial charge in [-0.25, -0.2) is 0 Å². The number of imide groups is 1. The maximum absolute atomic E-state index is 13.1. The number of allylic oxidation sites excluding steroid dienone is 2. The summed E-state index contributed by atoms with van der Waals surface area (Å²) < 4.78 is 5.81. The van der Waals surface area contributed by atoms with Crippen LogP contribution in [0.25, 0.3) is 0 Å². The van der Waals surface area contributed by atoms with Gasteiger partial charge in [0.2, 0.25) is 11.8 Å². The molecule has 4 nitrogen and oxygen atoms in total. The van der Waals surface area contributed by atoms with Crippen molar-refractivity contribution < 1.29 is 14.3 Å². The maximum atomic E-state index is 13.1. The predicted octanol–water partition coefficient (Wildman–Crippen LogP) is 4.04. The van der Waals surface area contributed by atoms with Crippen molar-refractivity contribution in [1.82, 2.24) is 0 Å². The Bertz CT molecular complexity index is 929. The molecule has 5 aliphatic rings. The third-order valence-electron chi connectivity index (χ3n) is 6.74. The van der Waals surface area contributed by atoms with E-state index in [1.807, 2.05) is 54.6 Å². The van der Waals surface area contributed by atoms with Crippen molar-refractivity contribution in [2.24, 2.45) is 35.5 Å². The molecule has 6 atom stereocenters. The fraction of sp³-hybridized carbons (Fsp3) is 0.304. The first-order valence-corrected chi connectivity index (χ1v) is 9.61. The zero-order valence-electron chi connectivity index (χ0n) is 14.7. The molecule has 4 heteroatoms. The van der Waals surface area contributed by atoms with Crippen molar-refractivity contribution in [1.29, 1.82) is 0 Å². The van der Waals surface area contributed by atoms with Crippen LogP contribution in [0.15, 0.2) is 66.7 Å². The average molecular weight is 357 g/mol. The number of carbonyl (C=O) groups is 2. The highest BCUT2D eigenvalue weighted by Crippen LogP contribution is 2.65. The van der Waals surface area contributed by atoms with Gasteiger partial charge in [0.25, 0.3) is 0 Å². The van der Waals surface area contributed by atoms with Crippen molar-refractivity contribution in [3.8, 4) is 11.5 Å². The molecule has 1 saturated heterocycles. The van der Waals surface area contributed by atoms with Crippen molar-refractivity contribution in [2.75, 3.05) is 4.90 Å². The number of hydrogen-bond donors (Lipinski definition) is 0. The second kappa shape index (κ2) is 5.32. The number of hydrogen-bond acceptors (Lipinski definition) is 3. The zero-order chi connectivity index (χ0) is 18.1. The number of benzene rings is 2. The lowest BCUT2D eigenvalue weighted by atomic mass is 9.63. The molecule has 1 aliphatic heterocycles. The van der Waals surface area contributed by atoms with Crippen LogP contribution in [0.1, 0.15) is 6.42 Å². The molecule has 0 spiro atoms. The highest BCUT2D eigenvalue weighted by atomic mass is 16.5. The highest BCUT2D eigenvalue weighted by molar-refractivity contribution is 6.22. The first-order valence-electron chi connectivity index (χ1n) is 9.61. The third kappa shape index (κ3) is 2.10. The van der Waals surface area contributed by atoms with Gasteiger partial charge >= 0.3 is 0 Å². The van der Waals surface area contributed by atoms with Crippen molar-refractivity contribution in [2.45, 2.75) is 6.42 Å². The zero-order valence-corrected chi connectivity index (χ0v) is 14.7. The number of amides is 2. The van der Waals surface area contributed by atoms with Gasteiger partial charge in [-0.2, -0.15) is 0 Å². The van der Waals surface area contributed by atoms with E-state index in [-0.39, 0.29) is 35.5 Å². The Hall–Kier alpha value is -2.88. The summed E-state index contributed by atoms with van der Waals surface area (Å²) in [4.78, 5) is 27.7. The van der Waals surface area contributed by atoms with E-state index in [0.717, 1.165) is 5.75 Å². The van der Waals surface area contributed by atoms with Crippen LogP contribution in [0.5, 0.6) is 11.5 Å². The summed E-state index contributed by atoms with van der Waals surface area (Å²) in [5, 5.41) is 0. The Kier molecular flexibility index (Phi) is 2.99. The molecule has 7 rings (SSSR count). The summed E-state index contributed by atoms with van der Waals surface area (Å²) in [6.45, 7) is 0. The number of carbonyl (C=O) groups excluding carboxylic acids is 2. The van der Waals surface area contributed by atoms with Crippen LogP contribution in [-0.2, 0) is 9.59 Å². The lowest BCUT2D eigenvalue weighted by molar-refractivity contribution is -0.124. The first kappa shape index (κ1) is 15.2. The van der Waals surface area contributed by atoms with E-state index in [1.165, 1.54) is 11.3 Å². The molecule has 2 aromatic rings. The van der Waals surface area contributed by atoms with E-state index < -0.39 is 0 Å². The standard InChI is InChI=1S/C23H19NO3/c25-22-20-16-10-11-17(19-12-18(16)19)21(20)23(26)24(22)13-6-8-15(9-7-13)27-14-4-2-1-3-5-14/h1-11,16-21H,12H2. The van der Waals surface area contributed by atoms with E-state index in [2.05, 4.69) is 12.2 Å². The Balaban J connectivity index is 1.28. The topological polar surface area (TPSA) is 46.6 Å². The lowest BCUT2D eigenvalue weighted by Gasteiger charge is -2.37. The highest BCUT2D eigenvalue weighted by Gasteiger charge is 2.67. The number of rotatable bonds is 3. The Morgan fingerprint density at radius 2 is 1.30 bits per heavy atom. The molecular weight excluding hydrogens is 338 g/mol. The fourth-order valence-electron chi connectivity index (χ4n) is 5.50. The summed E-state index contributed by atoms with van der Waals surface area (Å²) in [6, 6.07) is 16.8. The summed E-state index contributed by atoms with van der Waals surface area (Å²) >= 11 is 0. The van der Waals surface area contributed by atoms with Crippen molar-refractivity contribution in [3.05, 3.63) is 66.7 Å². The second-order valence-electron chi connectivity index (χ2n) is 8.08. The van der Waals surface area contributed by atoms with E-state index in [0.29, 0.717) is 23.3 Å². The predicted molar refractivity (Wildman–Crippen MR) is 100 cm³/mol. The van der Waals surface area contributed by atoms with Crippen LogP contribution in [0.2, 0.25) is 0 Å².